The van der Waals surface area contributed by atoms with Gasteiger partial charge in [0.25, 0.3) is 0 Å². The van der Waals surface area contributed by atoms with E-state index in [-0.39, 0.29) is 17.7 Å². The number of halogens is 1. The quantitative estimate of drug-likeness (QED) is 0.667. The largest absolute Gasteiger partial charge is 0.296 e. The molecule has 1 aromatic rings. The van der Waals surface area contributed by atoms with Crippen molar-refractivity contribution >= 4 is 27.7 Å². The zero-order valence-electron chi connectivity index (χ0n) is 8.70. The minimum atomic E-state index is -0.184. The maximum absolute atomic E-state index is 11.7. The van der Waals surface area contributed by atoms with E-state index in [0.717, 1.165) is 16.5 Å². The molecule has 4 heteroatoms. The molecule has 1 aliphatic heterocycles. The number of nitrogens with one attached hydrogen (secondary N) is 1. The first-order valence-electron chi connectivity index (χ1n) is 5.19. The van der Waals surface area contributed by atoms with Crippen LogP contribution in [0.25, 0.3) is 0 Å². The Morgan fingerprint density at radius 3 is 2.88 bits per heavy atom. The Kier molecular flexibility index (Phi) is 3.39. The lowest BCUT2D eigenvalue weighted by atomic mass is 9.90. The molecule has 1 aromatic carbocycles. The summed E-state index contributed by atoms with van der Waals surface area (Å²) in [6, 6.07) is 7.89. The van der Waals surface area contributed by atoms with Crippen LogP contribution in [0.3, 0.4) is 0 Å². The number of hydrogen-bond donors (Lipinski definition) is 1. The number of carbonyl (C=O) groups excluding carboxylic acids is 2. The number of benzene rings is 1. The molecule has 1 fully saturated rings. The minimum absolute atomic E-state index is 0.169. The van der Waals surface area contributed by atoms with Gasteiger partial charge in [0, 0.05) is 11.8 Å². The normalized spacial score (nSPS) is 20.7. The summed E-state index contributed by atoms with van der Waals surface area (Å²) in [5, 5.41) is 3.15. The average Bonchev–Trinajstić information content (AvgIpc) is 2.29. The Morgan fingerprint density at radius 2 is 2.19 bits per heavy atom. The zero-order chi connectivity index (χ0) is 11.5. The van der Waals surface area contributed by atoms with Crippen molar-refractivity contribution < 1.29 is 9.59 Å². The van der Waals surface area contributed by atoms with Crippen LogP contribution in [-0.2, 0) is 14.9 Å². The van der Waals surface area contributed by atoms with Crippen LogP contribution >= 0.6 is 15.9 Å². The van der Waals surface area contributed by atoms with Gasteiger partial charge in [0.15, 0.2) is 0 Å². The molecule has 0 bridgehead atoms. The highest BCUT2D eigenvalue weighted by Crippen LogP contribution is 2.25. The van der Waals surface area contributed by atoms with E-state index < -0.39 is 0 Å². The van der Waals surface area contributed by atoms with Crippen LogP contribution < -0.4 is 5.32 Å². The summed E-state index contributed by atoms with van der Waals surface area (Å²) in [7, 11) is 0. The first-order chi connectivity index (χ1) is 7.70. The molecule has 1 N–H and O–H groups in total. The maximum atomic E-state index is 11.7. The number of alkyl halides is 1. The van der Waals surface area contributed by atoms with Gasteiger partial charge in [-0.3, -0.25) is 14.9 Å². The van der Waals surface area contributed by atoms with Crippen LogP contribution in [0, 0.1) is 0 Å². The summed E-state index contributed by atoms with van der Waals surface area (Å²) in [5.74, 6) is -0.530. The second-order valence-corrected chi connectivity index (χ2v) is 4.44. The van der Waals surface area contributed by atoms with Gasteiger partial charge >= 0.3 is 0 Å². The molecule has 1 saturated heterocycles. The number of imide groups is 1. The molecule has 1 unspecified atom stereocenters. The van der Waals surface area contributed by atoms with Crippen molar-refractivity contribution in [2.45, 2.75) is 24.1 Å². The zero-order valence-corrected chi connectivity index (χ0v) is 10.3. The van der Waals surface area contributed by atoms with Gasteiger partial charge < -0.3 is 0 Å². The van der Waals surface area contributed by atoms with E-state index in [1.54, 1.807) is 0 Å². The third-order valence-corrected chi connectivity index (χ3v) is 3.39. The third-order valence-electron chi connectivity index (χ3n) is 2.75. The Balaban J connectivity index is 2.23. The molecule has 2 amide bonds. The summed E-state index contributed by atoms with van der Waals surface area (Å²) in [4.78, 5) is 22.7. The number of rotatable bonds is 2. The summed E-state index contributed by atoms with van der Waals surface area (Å²) in [6.45, 7) is 0. The van der Waals surface area contributed by atoms with Gasteiger partial charge in [0.1, 0.15) is 0 Å². The highest BCUT2D eigenvalue weighted by Gasteiger charge is 2.27. The van der Waals surface area contributed by atoms with Crippen molar-refractivity contribution in [3.8, 4) is 0 Å². The van der Waals surface area contributed by atoms with Gasteiger partial charge in [-0.1, -0.05) is 40.2 Å². The van der Waals surface area contributed by atoms with Gasteiger partial charge in [-0.05, 0) is 17.5 Å². The first kappa shape index (κ1) is 11.3. The highest BCUT2D eigenvalue weighted by molar-refractivity contribution is 9.08. The summed E-state index contributed by atoms with van der Waals surface area (Å²) < 4.78 is 0. The Bertz CT molecular complexity index is 431. The van der Waals surface area contributed by atoms with Crippen LogP contribution in [0.5, 0.6) is 0 Å². The van der Waals surface area contributed by atoms with Crippen molar-refractivity contribution in [3.05, 3.63) is 35.4 Å². The topological polar surface area (TPSA) is 46.2 Å². The minimum Gasteiger partial charge on any atom is -0.296 e. The van der Waals surface area contributed by atoms with Crippen molar-refractivity contribution in [2.24, 2.45) is 0 Å². The fourth-order valence-corrected chi connectivity index (χ4v) is 2.25. The van der Waals surface area contributed by atoms with Crippen molar-refractivity contribution in [1.82, 2.24) is 5.32 Å². The fraction of sp³-hybridized carbons (Fsp3) is 0.333. The SMILES string of the molecule is O=C1CCC(c2cccc(CBr)c2)C(=O)N1. The van der Waals surface area contributed by atoms with E-state index in [1.807, 2.05) is 24.3 Å². The van der Waals surface area contributed by atoms with Gasteiger partial charge in [-0.2, -0.15) is 0 Å². The van der Waals surface area contributed by atoms with Crippen molar-refractivity contribution in [2.75, 3.05) is 0 Å². The van der Waals surface area contributed by atoms with Crippen LogP contribution in [0.4, 0.5) is 0 Å². The van der Waals surface area contributed by atoms with Crippen LogP contribution in [0.2, 0.25) is 0 Å². The number of amides is 2. The van der Waals surface area contributed by atoms with Crippen LogP contribution in [-0.4, -0.2) is 11.8 Å². The Labute approximate surface area is 102 Å². The second kappa shape index (κ2) is 4.78. The van der Waals surface area contributed by atoms with Gasteiger partial charge in [0.2, 0.25) is 11.8 Å². The molecule has 2 rings (SSSR count). The van der Waals surface area contributed by atoms with Gasteiger partial charge in [-0.25, -0.2) is 0 Å². The first-order valence-corrected chi connectivity index (χ1v) is 6.31. The molecule has 0 radical (unpaired) electrons. The van der Waals surface area contributed by atoms with Crippen molar-refractivity contribution in [3.63, 3.8) is 0 Å². The number of hydrogen-bond acceptors (Lipinski definition) is 2. The fourth-order valence-electron chi connectivity index (χ4n) is 1.90. The van der Waals surface area contributed by atoms with E-state index in [4.69, 9.17) is 0 Å². The van der Waals surface area contributed by atoms with E-state index in [9.17, 15) is 9.59 Å². The maximum Gasteiger partial charge on any atom is 0.234 e. The molecular formula is C12H12BrNO2. The van der Waals surface area contributed by atoms with Gasteiger partial charge in [-0.15, -0.1) is 0 Å². The molecule has 0 aliphatic carbocycles. The van der Waals surface area contributed by atoms with E-state index in [2.05, 4.69) is 21.2 Å². The van der Waals surface area contributed by atoms with Crippen LogP contribution in [0.1, 0.15) is 29.9 Å². The molecule has 1 atom stereocenters. The number of piperidine rings is 1. The number of carbonyl (C=O) groups is 2. The predicted octanol–water partition coefficient (Wildman–Crippen LogP) is 2.10. The van der Waals surface area contributed by atoms with Crippen molar-refractivity contribution in [1.29, 1.82) is 0 Å². The molecule has 1 aliphatic rings. The van der Waals surface area contributed by atoms with E-state index >= 15 is 0 Å². The van der Waals surface area contributed by atoms with Crippen LogP contribution in [0.15, 0.2) is 24.3 Å². The third kappa shape index (κ3) is 2.32. The Hall–Kier alpha value is -1.16. The molecule has 84 valence electrons. The molecule has 0 saturated carbocycles. The monoisotopic (exact) mass is 281 g/mol. The molecule has 0 spiro atoms. The molecular weight excluding hydrogens is 270 g/mol. The lowest BCUT2D eigenvalue weighted by Gasteiger charge is -2.21. The summed E-state index contributed by atoms with van der Waals surface area (Å²) >= 11 is 3.39. The van der Waals surface area contributed by atoms with E-state index in [1.165, 1.54) is 0 Å². The molecule has 16 heavy (non-hydrogen) atoms. The average molecular weight is 282 g/mol. The highest BCUT2D eigenvalue weighted by atomic mass is 79.9. The molecule has 0 aromatic heterocycles. The standard InChI is InChI=1S/C12H12BrNO2/c13-7-8-2-1-3-9(6-8)10-4-5-11(15)14-12(10)16/h1-3,6,10H,4-5,7H2,(H,14,15,16). The van der Waals surface area contributed by atoms with Gasteiger partial charge in [0.05, 0.1) is 5.92 Å². The summed E-state index contributed by atoms with van der Waals surface area (Å²) in [5.41, 5.74) is 2.13. The predicted molar refractivity (Wildman–Crippen MR) is 64.2 cm³/mol. The molecule has 1 heterocycles. The summed E-state index contributed by atoms with van der Waals surface area (Å²) in [6.07, 6.45) is 1.03. The smallest absolute Gasteiger partial charge is 0.234 e. The molecule has 3 nitrogen and oxygen atoms in total. The lowest BCUT2D eigenvalue weighted by Crippen LogP contribution is -2.39. The van der Waals surface area contributed by atoms with E-state index in [0.29, 0.717) is 12.8 Å². The lowest BCUT2D eigenvalue weighted by molar-refractivity contribution is -0.134. The second-order valence-electron chi connectivity index (χ2n) is 3.88. The Morgan fingerprint density at radius 1 is 1.38 bits per heavy atom.